The van der Waals surface area contributed by atoms with Gasteiger partial charge < -0.3 is 18.9 Å². The minimum Gasteiger partial charge on any atom is -0.497 e. The second-order valence-corrected chi connectivity index (χ2v) is 10.8. The van der Waals surface area contributed by atoms with E-state index in [1.807, 2.05) is 6.07 Å². The third kappa shape index (κ3) is 4.04. The number of nitrogens with zero attached hydrogens (tertiary/aromatic N) is 1. The largest absolute Gasteiger partial charge is 0.497 e. The first kappa shape index (κ1) is 21.5. The molecule has 1 unspecified atom stereocenters. The summed E-state index contributed by atoms with van der Waals surface area (Å²) in [4.78, 5) is 15.0. The lowest BCUT2D eigenvalue weighted by atomic mass is 9.82. The van der Waals surface area contributed by atoms with Gasteiger partial charge in [-0.3, -0.25) is 9.52 Å². The van der Waals surface area contributed by atoms with Crippen molar-refractivity contribution in [1.82, 2.24) is 4.57 Å². The van der Waals surface area contributed by atoms with Crippen LogP contribution in [0.2, 0.25) is 0 Å². The Morgan fingerprint density at radius 3 is 2.56 bits per heavy atom. The van der Waals surface area contributed by atoms with E-state index in [0.29, 0.717) is 30.2 Å². The van der Waals surface area contributed by atoms with Crippen molar-refractivity contribution in [3.05, 3.63) is 52.4 Å². The maximum atomic E-state index is 13.2. The summed E-state index contributed by atoms with van der Waals surface area (Å²) in [6.45, 7) is 4.43. The zero-order valence-electron chi connectivity index (χ0n) is 18.2. The number of anilines is 1. The van der Waals surface area contributed by atoms with Crippen molar-refractivity contribution in [2.45, 2.75) is 42.7 Å². The number of likely N-dealkylation sites (tertiary alicyclic amines) is 1. The van der Waals surface area contributed by atoms with E-state index in [2.05, 4.69) is 4.72 Å². The third-order valence-corrected chi connectivity index (χ3v) is 8.54. The van der Waals surface area contributed by atoms with Gasteiger partial charge in [0.2, 0.25) is 0 Å². The number of fused-ring (bicyclic) bond motifs is 4. The van der Waals surface area contributed by atoms with Crippen LogP contribution in [0.5, 0.6) is 5.75 Å². The molecule has 1 aromatic heterocycles. The van der Waals surface area contributed by atoms with Gasteiger partial charge in [0.1, 0.15) is 11.4 Å². The number of aromatic nitrogens is 1. The Morgan fingerprint density at radius 1 is 1.09 bits per heavy atom. The molecule has 2 bridgehead atoms. The Morgan fingerprint density at radius 2 is 1.84 bits per heavy atom. The van der Waals surface area contributed by atoms with Crippen molar-refractivity contribution in [2.75, 3.05) is 38.1 Å². The number of hydrogen-bond acceptors (Lipinski definition) is 5. The minimum absolute atomic E-state index is 0.0907. The molecule has 0 radical (unpaired) electrons. The SMILES string of the molecule is COc1ccc(S(=O)(=O)Nc2ccc3n(c2=O)C[C@H]2C[C@@H]3C[NH+](C3CCOCC3)C2)cc1. The molecular formula is C23H30N3O5S+. The summed E-state index contributed by atoms with van der Waals surface area (Å²) in [6.07, 6.45) is 3.31. The van der Waals surface area contributed by atoms with Crippen molar-refractivity contribution in [3.63, 3.8) is 0 Å². The first-order valence-corrected chi connectivity index (χ1v) is 12.8. The van der Waals surface area contributed by atoms with Crippen LogP contribution in [0.3, 0.4) is 0 Å². The first-order valence-electron chi connectivity index (χ1n) is 11.3. The van der Waals surface area contributed by atoms with Crippen LogP contribution in [-0.4, -0.2) is 52.4 Å². The van der Waals surface area contributed by atoms with Crippen molar-refractivity contribution >= 4 is 15.7 Å². The molecule has 5 rings (SSSR count). The highest BCUT2D eigenvalue weighted by molar-refractivity contribution is 7.92. The lowest BCUT2D eigenvalue weighted by Gasteiger charge is -2.44. The molecule has 0 aliphatic carbocycles. The van der Waals surface area contributed by atoms with Crippen molar-refractivity contribution in [2.24, 2.45) is 5.92 Å². The smallest absolute Gasteiger partial charge is 0.275 e. The number of quaternary nitrogens is 1. The maximum absolute atomic E-state index is 13.2. The monoisotopic (exact) mass is 460 g/mol. The third-order valence-electron chi connectivity index (χ3n) is 7.16. The molecule has 9 heteroatoms. The Hall–Kier alpha value is -2.36. The molecule has 2 fully saturated rings. The summed E-state index contributed by atoms with van der Waals surface area (Å²) in [5, 5.41) is 0. The molecule has 3 atom stereocenters. The summed E-state index contributed by atoms with van der Waals surface area (Å²) < 4.78 is 40.6. The molecule has 2 saturated heterocycles. The fourth-order valence-corrected chi connectivity index (χ4v) is 6.63. The zero-order chi connectivity index (χ0) is 22.3. The predicted molar refractivity (Wildman–Crippen MR) is 120 cm³/mol. The predicted octanol–water partition coefficient (Wildman–Crippen LogP) is 0.839. The van der Waals surface area contributed by atoms with Gasteiger partial charge in [-0.05, 0) is 42.8 Å². The minimum atomic E-state index is -3.86. The molecule has 4 heterocycles. The van der Waals surface area contributed by atoms with Crippen LogP contribution in [0.25, 0.3) is 0 Å². The number of piperidine rings is 1. The van der Waals surface area contributed by atoms with E-state index in [1.54, 1.807) is 27.7 Å². The molecule has 0 saturated carbocycles. The fraction of sp³-hybridized carbons (Fsp3) is 0.522. The van der Waals surface area contributed by atoms with E-state index in [4.69, 9.17) is 9.47 Å². The topological polar surface area (TPSA) is 91.1 Å². The van der Waals surface area contributed by atoms with Gasteiger partial charge in [0.05, 0.1) is 44.4 Å². The quantitative estimate of drug-likeness (QED) is 0.690. The molecule has 3 aliphatic heterocycles. The molecule has 32 heavy (non-hydrogen) atoms. The standard InChI is InChI=1S/C23H29N3O5S/c1-30-19-2-4-20(5-3-19)32(28,29)24-21-6-7-22-17-12-16(14-26(22)23(21)27)13-25(15-17)18-8-10-31-11-9-18/h2-7,16-18,24H,8-15H2,1H3/p+1/t16-,17+/m0/s1. The molecular weight excluding hydrogens is 430 g/mol. The number of nitrogens with one attached hydrogen (secondary N) is 2. The summed E-state index contributed by atoms with van der Waals surface area (Å²) in [6, 6.07) is 10.3. The number of sulfonamides is 1. The van der Waals surface area contributed by atoms with Crippen molar-refractivity contribution < 1.29 is 22.8 Å². The van der Waals surface area contributed by atoms with Gasteiger partial charge in [-0.2, -0.15) is 0 Å². The van der Waals surface area contributed by atoms with Crippen LogP contribution in [-0.2, 0) is 21.3 Å². The van der Waals surface area contributed by atoms with E-state index < -0.39 is 10.0 Å². The lowest BCUT2D eigenvalue weighted by molar-refractivity contribution is -0.937. The van der Waals surface area contributed by atoms with Gasteiger partial charge in [0.25, 0.3) is 15.6 Å². The summed E-state index contributed by atoms with van der Waals surface area (Å²) in [7, 11) is -2.34. The van der Waals surface area contributed by atoms with Crippen LogP contribution >= 0.6 is 0 Å². The van der Waals surface area contributed by atoms with Gasteiger partial charge in [-0.25, -0.2) is 8.42 Å². The second-order valence-electron chi connectivity index (χ2n) is 9.12. The van der Waals surface area contributed by atoms with Gasteiger partial charge in [-0.15, -0.1) is 0 Å². The van der Waals surface area contributed by atoms with E-state index in [1.165, 1.54) is 19.2 Å². The van der Waals surface area contributed by atoms with Crippen LogP contribution in [0.15, 0.2) is 46.1 Å². The van der Waals surface area contributed by atoms with Crippen molar-refractivity contribution in [1.29, 1.82) is 0 Å². The first-order chi connectivity index (χ1) is 15.4. The summed E-state index contributed by atoms with van der Waals surface area (Å²) >= 11 is 0. The lowest BCUT2D eigenvalue weighted by Crippen LogP contribution is -3.18. The maximum Gasteiger partial charge on any atom is 0.275 e. The normalized spacial score (nSPS) is 25.7. The van der Waals surface area contributed by atoms with Gasteiger partial charge >= 0.3 is 0 Å². The zero-order valence-corrected chi connectivity index (χ0v) is 19.1. The Labute approximate surface area is 188 Å². The molecule has 2 N–H and O–H groups in total. The number of methoxy groups -OCH3 is 1. The number of pyridine rings is 1. The summed E-state index contributed by atoms with van der Waals surface area (Å²) in [5.74, 6) is 1.34. The average Bonchev–Trinajstić information content (AvgIpc) is 2.81. The number of rotatable bonds is 5. The Kier molecular flexibility index (Phi) is 5.73. The number of benzene rings is 1. The van der Waals surface area contributed by atoms with E-state index in [-0.39, 0.29) is 16.1 Å². The molecule has 3 aliphatic rings. The number of hydrogen-bond donors (Lipinski definition) is 2. The van der Waals surface area contributed by atoms with Gasteiger partial charge in [0.15, 0.2) is 0 Å². The molecule has 1 aromatic carbocycles. The Bertz CT molecular complexity index is 1140. The van der Waals surface area contributed by atoms with E-state index >= 15 is 0 Å². The highest BCUT2D eigenvalue weighted by atomic mass is 32.2. The molecule has 0 amide bonds. The van der Waals surface area contributed by atoms with Crippen LogP contribution in [0.4, 0.5) is 5.69 Å². The molecule has 0 spiro atoms. The Balaban J connectivity index is 1.38. The van der Waals surface area contributed by atoms with Gasteiger partial charge in [0, 0.05) is 36.9 Å². The van der Waals surface area contributed by atoms with E-state index in [9.17, 15) is 13.2 Å². The molecule has 8 nitrogen and oxygen atoms in total. The fourth-order valence-electron chi connectivity index (χ4n) is 5.58. The molecule has 2 aromatic rings. The average molecular weight is 461 g/mol. The summed E-state index contributed by atoms with van der Waals surface area (Å²) in [5.41, 5.74) is 0.866. The highest BCUT2D eigenvalue weighted by Crippen LogP contribution is 2.31. The van der Waals surface area contributed by atoms with Gasteiger partial charge in [-0.1, -0.05) is 0 Å². The van der Waals surface area contributed by atoms with Crippen molar-refractivity contribution in [3.8, 4) is 5.75 Å². The highest BCUT2D eigenvalue weighted by Gasteiger charge is 2.40. The second kappa shape index (κ2) is 8.53. The van der Waals surface area contributed by atoms with Crippen LogP contribution in [0.1, 0.15) is 30.9 Å². The van der Waals surface area contributed by atoms with Crippen LogP contribution < -0.4 is 19.9 Å². The van der Waals surface area contributed by atoms with Crippen LogP contribution in [0, 0.1) is 5.92 Å². The molecule has 172 valence electrons. The van der Waals surface area contributed by atoms with E-state index in [0.717, 1.165) is 51.3 Å². The number of ether oxygens (including phenoxy) is 2.